The Bertz CT molecular complexity index is 2230. The first-order valence-electron chi connectivity index (χ1n) is 14.1. The van der Waals surface area contributed by atoms with Crippen molar-refractivity contribution in [1.82, 2.24) is 19.9 Å². The third-order valence-electron chi connectivity index (χ3n) is 7.18. The molecule has 4 aromatic heterocycles. The number of nitrogens with one attached hydrogen (secondary N) is 2. The van der Waals surface area contributed by atoms with E-state index in [4.69, 9.17) is 39.4 Å². The first-order chi connectivity index (χ1) is 22.9. The summed E-state index contributed by atoms with van der Waals surface area (Å²) in [5.74, 6) is -6.15. The Hall–Kier alpha value is -4.34. The molecule has 0 amide bonds. The Morgan fingerprint density at radius 2 is 1.22 bits per heavy atom. The number of nitrogens with zero attached hydrogens (tertiary/aromatic N) is 2. The predicted octanol–water partition coefficient (Wildman–Crippen LogP) is 3.81. The van der Waals surface area contributed by atoms with Gasteiger partial charge in [-0.05, 0) is 30.7 Å². The van der Waals surface area contributed by atoms with E-state index in [-0.39, 0.29) is 69.0 Å². The molecular weight excluding hydrogens is 702 g/mol. The molecule has 0 radical (unpaired) electrons. The molecule has 49 heavy (non-hydrogen) atoms. The number of carbonyl (C=O) groups excluding carboxylic acids is 2. The molecule has 10 nitrogen and oxygen atoms in total. The Morgan fingerprint density at radius 3 is 1.67 bits per heavy atom. The van der Waals surface area contributed by atoms with Crippen molar-refractivity contribution in [3.63, 3.8) is 0 Å². The largest absolute Gasteiger partial charge is 1.00 e. The van der Waals surface area contributed by atoms with Gasteiger partial charge >= 0.3 is 35.5 Å². The average molecular weight is 725 g/mol. The van der Waals surface area contributed by atoms with Gasteiger partial charge in [-0.2, -0.15) is 0 Å². The first-order valence-corrected chi connectivity index (χ1v) is 14.8. The van der Waals surface area contributed by atoms with Gasteiger partial charge in [0.05, 0.1) is 45.0 Å². The molecule has 0 aliphatic heterocycles. The molecule has 0 spiro atoms. The van der Waals surface area contributed by atoms with Crippen molar-refractivity contribution >= 4 is 68.3 Å². The van der Waals surface area contributed by atoms with Crippen LogP contribution in [-0.2, 0) is 4.74 Å². The SMILES string of the molecule is CCCCOC(=O)c1nc(-c2ccc3cc[nH]c3c2F)c(F)c(N)c1Cl.Nc1c(F)c(-c2ccc3cc[nH]c3c2F)nc(C(=O)[O-])c1Cl.[Na+]. The monoisotopic (exact) mass is 724 g/mol. The number of esters is 1. The maximum Gasteiger partial charge on any atom is 1.00 e. The molecule has 0 aliphatic carbocycles. The van der Waals surface area contributed by atoms with Gasteiger partial charge in [0.15, 0.2) is 29.0 Å². The van der Waals surface area contributed by atoms with Crippen LogP contribution in [0.25, 0.3) is 44.3 Å². The van der Waals surface area contributed by atoms with Crippen molar-refractivity contribution < 1.29 is 66.6 Å². The minimum Gasteiger partial charge on any atom is -0.543 e. The van der Waals surface area contributed by atoms with Gasteiger partial charge in [-0.1, -0.05) is 48.7 Å². The number of anilines is 2. The van der Waals surface area contributed by atoms with Gasteiger partial charge in [-0.25, -0.2) is 32.3 Å². The minimum absolute atomic E-state index is 0. The smallest absolute Gasteiger partial charge is 0.543 e. The van der Waals surface area contributed by atoms with E-state index < -0.39 is 68.7 Å². The normalized spacial score (nSPS) is 10.8. The van der Waals surface area contributed by atoms with Crippen LogP contribution in [0, 0.1) is 23.3 Å². The number of halogens is 6. The molecule has 6 aromatic rings. The molecule has 0 fully saturated rings. The van der Waals surface area contributed by atoms with Crippen molar-refractivity contribution in [2.45, 2.75) is 19.8 Å². The fourth-order valence-corrected chi connectivity index (χ4v) is 5.08. The number of nitrogens with two attached hydrogens (primary N) is 2. The summed E-state index contributed by atoms with van der Waals surface area (Å²) in [6.45, 7) is 2.11. The van der Waals surface area contributed by atoms with Crippen LogP contribution >= 0.6 is 23.2 Å². The number of rotatable bonds is 7. The Kier molecular flexibility index (Phi) is 11.8. The number of ether oxygens (including phenoxy) is 1. The van der Waals surface area contributed by atoms with E-state index >= 15 is 0 Å². The second-order valence-corrected chi connectivity index (χ2v) is 11.0. The van der Waals surface area contributed by atoms with Crippen LogP contribution in [0.4, 0.5) is 28.9 Å². The molecule has 0 atom stereocenters. The molecule has 6 N–H and O–H groups in total. The van der Waals surface area contributed by atoms with E-state index in [1.807, 2.05) is 6.92 Å². The van der Waals surface area contributed by atoms with Crippen LogP contribution in [0.2, 0.25) is 10.0 Å². The number of aromatic nitrogens is 4. The number of benzene rings is 2. The topological polar surface area (TPSA) is 176 Å². The molecule has 0 saturated heterocycles. The summed E-state index contributed by atoms with van der Waals surface area (Å²) >= 11 is 11.6. The Morgan fingerprint density at radius 1 is 0.776 bits per heavy atom. The van der Waals surface area contributed by atoms with E-state index in [1.54, 1.807) is 24.4 Å². The summed E-state index contributed by atoms with van der Waals surface area (Å²) in [7, 11) is 0. The van der Waals surface area contributed by atoms with E-state index in [2.05, 4.69) is 19.9 Å². The van der Waals surface area contributed by atoms with Gasteiger partial charge in [0.2, 0.25) is 0 Å². The number of unbranched alkanes of at least 4 members (excludes halogenated alkanes) is 1. The number of aromatic carboxylic acids is 1. The standard InChI is InChI=1S/C18H16ClF2N3O2.C14H8ClF2N3O2.Na/c1-2-3-8-26-18(25)17-11(19)14(22)13(21)16(24-17)10-5-4-9-6-7-23-15(9)12(10)20;15-7-10(18)9(17)12(20-13(7)14(21)22)6-2-1-5-3-4-19-11(5)8(6)16;/h4-7,23H,2-3,8H2,1H3,(H2,22,24);1-4,19H,(H2,18,20)(H,21,22);/q;;+1/p-1. The van der Waals surface area contributed by atoms with Gasteiger partial charge in [-0.15, -0.1) is 0 Å². The average Bonchev–Trinajstić information content (AvgIpc) is 3.75. The third kappa shape index (κ3) is 7.19. The number of carboxylic acids is 1. The summed E-state index contributed by atoms with van der Waals surface area (Å²) in [4.78, 5) is 36.1. The number of nitrogen functional groups attached to an aromatic ring is 2. The van der Waals surface area contributed by atoms with Gasteiger partial charge in [0.1, 0.15) is 17.1 Å². The number of pyridine rings is 2. The number of hydrogen-bond acceptors (Lipinski definition) is 8. The van der Waals surface area contributed by atoms with Crippen molar-refractivity contribution in [2.75, 3.05) is 18.1 Å². The zero-order valence-electron chi connectivity index (χ0n) is 25.7. The molecule has 0 aliphatic rings. The van der Waals surface area contributed by atoms with E-state index in [9.17, 15) is 32.3 Å². The molecule has 6 rings (SSSR count). The summed E-state index contributed by atoms with van der Waals surface area (Å²) < 4.78 is 63.1. The van der Waals surface area contributed by atoms with Crippen LogP contribution < -0.4 is 46.1 Å². The maximum absolute atomic E-state index is 14.8. The maximum atomic E-state index is 14.8. The van der Waals surface area contributed by atoms with E-state index in [0.29, 0.717) is 17.2 Å². The minimum atomic E-state index is -1.74. The molecule has 0 unspecified atom stereocenters. The predicted molar refractivity (Wildman–Crippen MR) is 171 cm³/mol. The Labute approximate surface area is 307 Å². The van der Waals surface area contributed by atoms with E-state index in [1.165, 1.54) is 24.4 Å². The van der Waals surface area contributed by atoms with Crippen LogP contribution in [0.3, 0.4) is 0 Å². The quantitative estimate of drug-likeness (QED) is 0.0832. The summed E-state index contributed by atoms with van der Waals surface area (Å²) in [6, 6.07) is 9.11. The number of carboxylic acid groups (broad SMARTS) is 1. The van der Waals surface area contributed by atoms with Gasteiger partial charge < -0.3 is 36.1 Å². The van der Waals surface area contributed by atoms with E-state index in [0.717, 1.165) is 6.42 Å². The van der Waals surface area contributed by atoms with Crippen molar-refractivity contribution in [2.24, 2.45) is 0 Å². The second-order valence-electron chi connectivity index (χ2n) is 10.2. The van der Waals surface area contributed by atoms with Crippen LogP contribution in [-0.4, -0.2) is 38.5 Å². The van der Waals surface area contributed by atoms with Gasteiger partial charge in [0, 0.05) is 34.3 Å². The second kappa shape index (κ2) is 15.5. The first kappa shape index (κ1) is 37.5. The third-order valence-corrected chi connectivity index (χ3v) is 7.95. The van der Waals surface area contributed by atoms with Crippen LogP contribution in [0.15, 0.2) is 48.8 Å². The molecule has 17 heteroatoms. The number of aromatic amines is 2. The number of fused-ring (bicyclic) bond motifs is 2. The van der Waals surface area contributed by atoms with Crippen molar-refractivity contribution in [1.29, 1.82) is 0 Å². The number of carbonyl (C=O) groups is 2. The molecule has 2 aromatic carbocycles. The fraction of sp³-hybridized carbons (Fsp3) is 0.125. The fourth-order valence-electron chi connectivity index (χ4n) is 4.68. The van der Waals surface area contributed by atoms with Gasteiger partial charge in [-0.3, -0.25) is 0 Å². The molecule has 248 valence electrons. The zero-order valence-corrected chi connectivity index (χ0v) is 29.2. The summed E-state index contributed by atoms with van der Waals surface area (Å²) in [5, 5.41) is 11.2. The van der Waals surface area contributed by atoms with Gasteiger partial charge in [0.25, 0.3) is 0 Å². The van der Waals surface area contributed by atoms with Crippen LogP contribution in [0.5, 0.6) is 0 Å². The van der Waals surface area contributed by atoms with Crippen molar-refractivity contribution in [3.8, 4) is 22.5 Å². The van der Waals surface area contributed by atoms with Crippen molar-refractivity contribution in [3.05, 3.63) is 93.5 Å². The molecular formula is C32H23Cl2F4N6NaO4. The zero-order chi connectivity index (χ0) is 34.9. The molecule has 0 bridgehead atoms. The number of hydrogen-bond donors (Lipinski definition) is 4. The van der Waals surface area contributed by atoms with Crippen LogP contribution in [0.1, 0.15) is 40.7 Å². The Balaban J connectivity index is 0.000000219. The summed E-state index contributed by atoms with van der Waals surface area (Å²) in [6.07, 6.45) is 4.57. The summed E-state index contributed by atoms with van der Waals surface area (Å²) in [5.41, 5.74) is 7.92. The molecule has 0 saturated carbocycles. The molecule has 4 heterocycles. The number of H-pyrrole nitrogens is 2.